The van der Waals surface area contributed by atoms with E-state index in [1.54, 1.807) is 18.4 Å². The lowest BCUT2D eigenvalue weighted by Crippen LogP contribution is -2.01. The average Bonchev–Trinajstić information content (AvgIpc) is 2.36. The number of allylic oxidation sites excluding steroid dienone is 4. The molecule has 1 aliphatic heterocycles. The smallest absolute Gasteiger partial charge is 0.118 e. The molecule has 0 aromatic carbocycles. The monoisotopic (exact) mass is 213 g/mol. The number of alkyl halides is 1. The van der Waals surface area contributed by atoms with Crippen LogP contribution < -0.4 is 0 Å². The van der Waals surface area contributed by atoms with E-state index in [1.165, 1.54) is 6.08 Å². The second-order valence-electron chi connectivity index (χ2n) is 2.38. The molecule has 0 aromatic heterocycles. The van der Waals surface area contributed by atoms with Crippen molar-refractivity contribution in [3.63, 3.8) is 0 Å². The van der Waals surface area contributed by atoms with Crippen LogP contribution in [-0.4, -0.2) is 11.0 Å². The van der Waals surface area contributed by atoms with Gasteiger partial charge in [-0.1, -0.05) is 15.9 Å². The number of hydrogen-bond donors (Lipinski definition) is 0. The summed E-state index contributed by atoms with van der Waals surface area (Å²) in [5.41, 5.74) is 1.71. The van der Waals surface area contributed by atoms with E-state index < -0.39 is 0 Å². The van der Waals surface area contributed by atoms with E-state index in [0.29, 0.717) is 0 Å². The van der Waals surface area contributed by atoms with Crippen molar-refractivity contribution in [3.8, 4) is 0 Å². The summed E-state index contributed by atoms with van der Waals surface area (Å²) in [6.07, 6.45) is 6.73. The Labute approximate surface area is 72.1 Å². The molecule has 2 rings (SSSR count). The van der Waals surface area contributed by atoms with Gasteiger partial charge in [0, 0.05) is 11.8 Å². The minimum atomic E-state index is -0.301. The van der Waals surface area contributed by atoms with Crippen LogP contribution in [0.3, 0.4) is 0 Å². The van der Waals surface area contributed by atoms with Crippen molar-refractivity contribution in [1.29, 1.82) is 0 Å². The summed E-state index contributed by atoms with van der Waals surface area (Å²) >= 11 is 3.17. The van der Waals surface area contributed by atoms with Crippen molar-refractivity contribution in [3.05, 3.63) is 35.3 Å². The maximum Gasteiger partial charge on any atom is 0.118 e. The first kappa shape index (κ1) is 6.98. The van der Waals surface area contributed by atoms with Crippen LogP contribution in [0, 0.1) is 0 Å². The SMILES string of the molecule is FC1=CC2=CC=NC2=C[C@H]1Br. The van der Waals surface area contributed by atoms with E-state index in [1.807, 2.05) is 0 Å². The lowest BCUT2D eigenvalue weighted by molar-refractivity contribution is 0.621. The average molecular weight is 214 g/mol. The number of hydrogen-bond acceptors (Lipinski definition) is 1. The van der Waals surface area contributed by atoms with Crippen LogP contribution in [0.5, 0.6) is 0 Å². The van der Waals surface area contributed by atoms with Crippen LogP contribution >= 0.6 is 15.9 Å². The van der Waals surface area contributed by atoms with Gasteiger partial charge in [0.05, 0.1) is 10.5 Å². The zero-order chi connectivity index (χ0) is 7.84. The molecule has 0 saturated carbocycles. The Kier molecular flexibility index (Phi) is 1.53. The summed E-state index contributed by atoms with van der Waals surface area (Å²) in [7, 11) is 0. The molecule has 1 aliphatic carbocycles. The molecule has 0 saturated heterocycles. The third kappa shape index (κ3) is 1.09. The molecule has 0 unspecified atom stereocenters. The fourth-order valence-electron chi connectivity index (χ4n) is 1.07. The Bertz CT molecular complexity index is 312. The second-order valence-corrected chi connectivity index (χ2v) is 3.37. The molecule has 0 spiro atoms. The van der Waals surface area contributed by atoms with Crippen LogP contribution in [0.2, 0.25) is 0 Å². The molecule has 0 N–H and O–H groups in total. The maximum absolute atomic E-state index is 12.9. The van der Waals surface area contributed by atoms with E-state index in [9.17, 15) is 4.39 Å². The third-order valence-corrected chi connectivity index (χ3v) is 2.33. The summed E-state index contributed by atoms with van der Waals surface area (Å²) in [5.74, 6) is -0.162. The largest absolute Gasteiger partial charge is 0.257 e. The molecule has 56 valence electrons. The second kappa shape index (κ2) is 2.41. The Morgan fingerprint density at radius 3 is 3.18 bits per heavy atom. The standard InChI is InChI=1S/C8H5BrFN/c9-6-4-8-5(1-2-11-8)3-7(6)10/h1-4,6H/t6-/m1/s1. The lowest BCUT2D eigenvalue weighted by atomic mass is 10.1. The normalized spacial score (nSPS) is 27.5. The molecule has 1 nitrogen and oxygen atoms in total. The topological polar surface area (TPSA) is 12.4 Å². The minimum absolute atomic E-state index is 0.162. The Morgan fingerprint density at radius 1 is 1.55 bits per heavy atom. The molecular formula is C8H5BrFN. The Balaban J connectivity index is 2.43. The van der Waals surface area contributed by atoms with Gasteiger partial charge in [-0.3, -0.25) is 4.99 Å². The molecule has 1 heterocycles. The zero-order valence-electron chi connectivity index (χ0n) is 5.59. The van der Waals surface area contributed by atoms with E-state index in [4.69, 9.17) is 0 Å². The van der Waals surface area contributed by atoms with Crippen molar-refractivity contribution < 1.29 is 4.39 Å². The van der Waals surface area contributed by atoms with Gasteiger partial charge in [-0.15, -0.1) is 0 Å². The fraction of sp³-hybridized carbons (Fsp3) is 0.125. The maximum atomic E-state index is 12.9. The van der Waals surface area contributed by atoms with Crippen LogP contribution in [-0.2, 0) is 0 Å². The first-order valence-electron chi connectivity index (χ1n) is 3.25. The van der Waals surface area contributed by atoms with Gasteiger partial charge in [0.15, 0.2) is 0 Å². The molecule has 0 amide bonds. The van der Waals surface area contributed by atoms with Gasteiger partial charge in [-0.25, -0.2) is 4.39 Å². The Morgan fingerprint density at radius 2 is 2.36 bits per heavy atom. The third-order valence-electron chi connectivity index (χ3n) is 1.62. The van der Waals surface area contributed by atoms with Crippen molar-refractivity contribution >= 4 is 22.1 Å². The highest BCUT2D eigenvalue weighted by atomic mass is 79.9. The first-order valence-corrected chi connectivity index (χ1v) is 4.16. The fourth-order valence-corrected chi connectivity index (χ4v) is 1.45. The van der Waals surface area contributed by atoms with Crippen LogP contribution in [0.25, 0.3) is 0 Å². The summed E-state index contributed by atoms with van der Waals surface area (Å²) in [5, 5.41) is 0. The lowest BCUT2D eigenvalue weighted by Gasteiger charge is -2.09. The van der Waals surface area contributed by atoms with Crippen molar-refractivity contribution in [1.82, 2.24) is 0 Å². The molecule has 0 fully saturated rings. The zero-order valence-corrected chi connectivity index (χ0v) is 7.18. The summed E-state index contributed by atoms with van der Waals surface area (Å²) in [4.78, 5) is 3.74. The van der Waals surface area contributed by atoms with Gasteiger partial charge in [0.25, 0.3) is 0 Å². The van der Waals surface area contributed by atoms with Gasteiger partial charge in [0.1, 0.15) is 5.83 Å². The van der Waals surface area contributed by atoms with Crippen LogP contribution in [0.15, 0.2) is 40.3 Å². The van der Waals surface area contributed by atoms with Crippen molar-refractivity contribution in [2.24, 2.45) is 4.99 Å². The van der Waals surface area contributed by atoms with Crippen molar-refractivity contribution in [2.75, 3.05) is 0 Å². The molecule has 3 heteroatoms. The Hall–Kier alpha value is -0.700. The van der Waals surface area contributed by atoms with E-state index in [2.05, 4.69) is 20.9 Å². The van der Waals surface area contributed by atoms with Gasteiger partial charge < -0.3 is 0 Å². The first-order chi connectivity index (χ1) is 5.27. The number of halogens is 2. The highest BCUT2D eigenvalue weighted by molar-refractivity contribution is 9.09. The molecule has 0 aromatic rings. The predicted octanol–water partition coefficient (Wildman–Crippen LogP) is 2.51. The van der Waals surface area contributed by atoms with Gasteiger partial charge in [0.2, 0.25) is 0 Å². The molecule has 0 radical (unpaired) electrons. The van der Waals surface area contributed by atoms with Crippen LogP contribution in [0.4, 0.5) is 4.39 Å². The van der Waals surface area contributed by atoms with E-state index in [-0.39, 0.29) is 10.7 Å². The number of nitrogens with zero attached hydrogens (tertiary/aromatic N) is 1. The van der Waals surface area contributed by atoms with Gasteiger partial charge in [-0.2, -0.15) is 0 Å². The molecule has 2 aliphatic rings. The summed E-state index contributed by atoms with van der Waals surface area (Å²) < 4.78 is 12.9. The van der Waals surface area contributed by atoms with Crippen LogP contribution in [0.1, 0.15) is 0 Å². The van der Waals surface area contributed by atoms with Crippen molar-refractivity contribution in [2.45, 2.75) is 4.83 Å². The quantitative estimate of drug-likeness (QED) is 0.549. The summed E-state index contributed by atoms with van der Waals surface area (Å²) in [6, 6.07) is 0. The summed E-state index contributed by atoms with van der Waals surface area (Å²) in [6.45, 7) is 0. The van der Waals surface area contributed by atoms with Gasteiger partial charge in [-0.05, 0) is 18.2 Å². The molecule has 11 heavy (non-hydrogen) atoms. The number of rotatable bonds is 0. The minimum Gasteiger partial charge on any atom is -0.257 e. The number of aliphatic imine (C=N–C) groups is 1. The van der Waals surface area contributed by atoms with Gasteiger partial charge >= 0.3 is 0 Å². The highest BCUT2D eigenvalue weighted by Gasteiger charge is 2.18. The molecular weight excluding hydrogens is 209 g/mol. The van der Waals surface area contributed by atoms with E-state index >= 15 is 0 Å². The van der Waals surface area contributed by atoms with E-state index in [0.717, 1.165) is 11.3 Å². The predicted molar refractivity (Wildman–Crippen MR) is 46.6 cm³/mol. The highest BCUT2D eigenvalue weighted by Crippen LogP contribution is 2.30. The molecule has 0 bridgehead atoms. The number of fused-ring (bicyclic) bond motifs is 1. The molecule has 1 atom stereocenters.